The zero-order valence-corrected chi connectivity index (χ0v) is 20.3. The predicted molar refractivity (Wildman–Crippen MR) is 129 cm³/mol. The van der Waals surface area contributed by atoms with E-state index in [4.69, 9.17) is 21.1 Å². The van der Waals surface area contributed by atoms with Crippen LogP contribution >= 0.6 is 23.4 Å². The average molecular weight is 518 g/mol. The van der Waals surface area contributed by atoms with Gasteiger partial charge in [0.25, 0.3) is 0 Å². The van der Waals surface area contributed by atoms with Crippen LogP contribution in [0.1, 0.15) is 18.4 Å². The quantitative estimate of drug-likeness (QED) is 0.401. The Morgan fingerprint density at radius 2 is 1.97 bits per heavy atom. The molecular formula is C24H21ClFN3O5S. The highest BCUT2D eigenvalue weighted by atomic mass is 35.5. The van der Waals surface area contributed by atoms with Gasteiger partial charge < -0.3 is 20.1 Å². The Kier molecular flexibility index (Phi) is 8.73. The maximum atomic E-state index is 13.1. The number of benzene rings is 2. The molecule has 1 aliphatic heterocycles. The zero-order chi connectivity index (χ0) is 25.5. The number of nitrogens with zero attached hydrogens (tertiary/aromatic N) is 1. The molecule has 2 aromatic carbocycles. The molecule has 11 heteroatoms. The van der Waals surface area contributed by atoms with Gasteiger partial charge in [-0.25, -0.2) is 4.39 Å². The molecule has 0 spiro atoms. The number of halogens is 2. The van der Waals surface area contributed by atoms with Crippen LogP contribution in [0, 0.1) is 23.1 Å². The van der Waals surface area contributed by atoms with E-state index in [1.807, 2.05) is 0 Å². The Hall–Kier alpha value is -3.55. The molecule has 2 aromatic rings. The van der Waals surface area contributed by atoms with Crippen LogP contribution in [-0.4, -0.2) is 37.3 Å². The first-order valence-corrected chi connectivity index (χ1v) is 11.8. The van der Waals surface area contributed by atoms with Crippen molar-refractivity contribution in [3.63, 3.8) is 0 Å². The average Bonchev–Trinajstić information content (AvgIpc) is 2.84. The van der Waals surface area contributed by atoms with Crippen molar-refractivity contribution in [1.82, 2.24) is 5.32 Å². The van der Waals surface area contributed by atoms with Crippen LogP contribution in [0.25, 0.3) is 0 Å². The second-order valence-corrected chi connectivity index (χ2v) is 8.68. The van der Waals surface area contributed by atoms with Gasteiger partial charge in [-0.2, -0.15) is 5.26 Å². The van der Waals surface area contributed by atoms with E-state index in [2.05, 4.69) is 16.7 Å². The van der Waals surface area contributed by atoms with Gasteiger partial charge in [-0.15, -0.1) is 0 Å². The van der Waals surface area contributed by atoms with Gasteiger partial charge in [-0.05, 0) is 48.9 Å². The SMILES string of the molecule is CCOc1ccc([C@@H]2C(C#N)=C(SCC(=O)Nc3ccc(F)cc3)NC(=O)[C@@H]2C(=O)OC)cc1Cl. The Balaban J connectivity index is 1.92. The number of nitrogens with one attached hydrogen (secondary N) is 2. The van der Waals surface area contributed by atoms with Crippen LogP contribution in [0.3, 0.4) is 0 Å². The van der Waals surface area contributed by atoms with Crippen LogP contribution in [0.2, 0.25) is 5.02 Å². The van der Waals surface area contributed by atoms with E-state index in [9.17, 15) is 24.0 Å². The number of hydrogen-bond donors (Lipinski definition) is 2. The highest BCUT2D eigenvalue weighted by Crippen LogP contribution is 2.42. The second kappa shape index (κ2) is 11.7. The monoisotopic (exact) mass is 517 g/mol. The highest BCUT2D eigenvalue weighted by Gasteiger charge is 2.44. The molecule has 0 saturated carbocycles. The number of hydrogen-bond acceptors (Lipinski definition) is 7. The second-order valence-electron chi connectivity index (χ2n) is 7.29. The fourth-order valence-corrected chi connectivity index (χ4v) is 4.62. The molecule has 0 aromatic heterocycles. The lowest BCUT2D eigenvalue weighted by Gasteiger charge is -2.31. The summed E-state index contributed by atoms with van der Waals surface area (Å²) >= 11 is 7.25. The van der Waals surface area contributed by atoms with E-state index in [0.29, 0.717) is 23.6 Å². The van der Waals surface area contributed by atoms with Crippen molar-refractivity contribution >= 4 is 46.8 Å². The van der Waals surface area contributed by atoms with E-state index in [1.54, 1.807) is 19.1 Å². The van der Waals surface area contributed by atoms with Crippen molar-refractivity contribution in [1.29, 1.82) is 5.26 Å². The number of methoxy groups -OCH3 is 1. The summed E-state index contributed by atoms with van der Waals surface area (Å²) in [6.07, 6.45) is 0. The smallest absolute Gasteiger partial charge is 0.319 e. The number of nitriles is 1. The van der Waals surface area contributed by atoms with Gasteiger partial charge in [0.05, 0.1) is 41.2 Å². The highest BCUT2D eigenvalue weighted by molar-refractivity contribution is 8.03. The van der Waals surface area contributed by atoms with Crippen LogP contribution < -0.4 is 15.4 Å². The normalized spacial score (nSPS) is 17.3. The van der Waals surface area contributed by atoms with Gasteiger partial charge in [-0.3, -0.25) is 14.4 Å². The Labute approximate surface area is 210 Å². The minimum absolute atomic E-state index is 0.0832. The molecule has 35 heavy (non-hydrogen) atoms. The molecule has 2 N–H and O–H groups in total. The van der Waals surface area contributed by atoms with E-state index in [1.165, 1.54) is 30.3 Å². The van der Waals surface area contributed by atoms with Gasteiger partial charge in [0.2, 0.25) is 11.8 Å². The van der Waals surface area contributed by atoms with Crippen LogP contribution in [0.15, 0.2) is 53.1 Å². The van der Waals surface area contributed by atoms with Crippen molar-refractivity contribution < 1.29 is 28.2 Å². The first kappa shape index (κ1) is 26.1. The van der Waals surface area contributed by atoms with Crippen LogP contribution in [0.4, 0.5) is 10.1 Å². The molecule has 2 atom stereocenters. The molecular weight excluding hydrogens is 497 g/mol. The molecule has 2 amide bonds. The number of allylic oxidation sites excluding steroid dienone is 1. The van der Waals surface area contributed by atoms with Crippen LogP contribution in [0.5, 0.6) is 5.75 Å². The first-order chi connectivity index (χ1) is 16.8. The zero-order valence-electron chi connectivity index (χ0n) is 18.8. The molecule has 1 heterocycles. The molecule has 1 aliphatic rings. The van der Waals surface area contributed by atoms with Crippen molar-refractivity contribution in [3.05, 3.63) is 69.5 Å². The fourth-order valence-electron chi connectivity index (χ4n) is 3.53. The summed E-state index contributed by atoms with van der Waals surface area (Å²) in [6.45, 7) is 2.19. The molecule has 0 saturated heterocycles. The minimum Gasteiger partial charge on any atom is -0.492 e. The Morgan fingerprint density at radius 1 is 1.26 bits per heavy atom. The molecule has 0 aliphatic carbocycles. The number of ether oxygens (including phenoxy) is 2. The Morgan fingerprint density at radius 3 is 2.57 bits per heavy atom. The lowest BCUT2D eigenvalue weighted by Crippen LogP contribution is -2.44. The van der Waals surface area contributed by atoms with Crippen molar-refractivity contribution in [3.8, 4) is 11.8 Å². The topological polar surface area (TPSA) is 118 Å². The fraction of sp³-hybridized carbons (Fsp3) is 0.250. The lowest BCUT2D eigenvalue weighted by molar-refractivity contribution is -0.150. The first-order valence-electron chi connectivity index (χ1n) is 10.4. The molecule has 0 fully saturated rings. The van der Waals surface area contributed by atoms with Gasteiger partial charge in [0, 0.05) is 11.6 Å². The van der Waals surface area contributed by atoms with E-state index >= 15 is 0 Å². The minimum atomic E-state index is -1.33. The number of carbonyl (C=O) groups is 3. The number of anilines is 1. The van der Waals surface area contributed by atoms with Crippen molar-refractivity contribution in [2.45, 2.75) is 12.8 Å². The van der Waals surface area contributed by atoms with Gasteiger partial charge in [0.1, 0.15) is 17.5 Å². The van der Waals surface area contributed by atoms with Gasteiger partial charge in [-0.1, -0.05) is 29.4 Å². The summed E-state index contributed by atoms with van der Waals surface area (Å²) < 4.78 is 23.3. The number of rotatable bonds is 8. The van der Waals surface area contributed by atoms with Crippen molar-refractivity contribution in [2.75, 3.05) is 24.8 Å². The van der Waals surface area contributed by atoms with E-state index in [-0.39, 0.29) is 21.4 Å². The molecule has 3 rings (SSSR count). The maximum Gasteiger partial charge on any atom is 0.319 e. The standard InChI is InChI=1S/C24H21ClFN3O5S/c1-3-34-18-9-4-13(10-17(18)25)20-16(11-27)23(29-22(31)21(20)24(32)33-2)35-12-19(30)28-15-7-5-14(26)6-8-15/h4-10,20-21H,3,12H2,1-2H3,(H,28,30)(H,29,31)/t20-,21-/m1/s1. The van der Waals surface area contributed by atoms with Crippen LogP contribution in [-0.2, 0) is 19.1 Å². The van der Waals surface area contributed by atoms with Crippen molar-refractivity contribution in [2.24, 2.45) is 5.92 Å². The van der Waals surface area contributed by atoms with E-state index < -0.39 is 35.4 Å². The summed E-state index contributed by atoms with van der Waals surface area (Å²) in [4.78, 5) is 37.8. The third kappa shape index (κ3) is 6.12. The third-order valence-corrected chi connectivity index (χ3v) is 6.39. The summed E-state index contributed by atoms with van der Waals surface area (Å²) in [5.41, 5.74) is 0.917. The van der Waals surface area contributed by atoms with Gasteiger partial charge in [0.15, 0.2) is 0 Å². The third-order valence-electron chi connectivity index (χ3n) is 5.07. The lowest BCUT2D eigenvalue weighted by atomic mass is 9.78. The number of carbonyl (C=O) groups excluding carboxylic acids is 3. The molecule has 0 unspecified atom stereocenters. The summed E-state index contributed by atoms with van der Waals surface area (Å²) in [5.74, 6) is -4.42. The molecule has 0 radical (unpaired) electrons. The Bertz CT molecular complexity index is 1210. The van der Waals surface area contributed by atoms with E-state index in [0.717, 1.165) is 18.9 Å². The van der Waals surface area contributed by atoms with Gasteiger partial charge >= 0.3 is 5.97 Å². The number of esters is 1. The molecule has 182 valence electrons. The number of amides is 2. The summed E-state index contributed by atoms with van der Waals surface area (Å²) in [5, 5.41) is 15.5. The summed E-state index contributed by atoms with van der Waals surface area (Å²) in [6, 6.07) is 12.0. The summed E-state index contributed by atoms with van der Waals surface area (Å²) in [7, 11) is 1.15. The molecule has 8 nitrogen and oxygen atoms in total. The number of thioether (sulfide) groups is 1. The maximum absolute atomic E-state index is 13.1. The molecule has 0 bridgehead atoms. The predicted octanol–water partition coefficient (Wildman–Crippen LogP) is 3.99. The largest absolute Gasteiger partial charge is 0.492 e.